The van der Waals surface area contributed by atoms with Crippen LogP contribution >= 0.6 is 0 Å². The van der Waals surface area contributed by atoms with E-state index in [0.29, 0.717) is 11.4 Å². The van der Waals surface area contributed by atoms with Gasteiger partial charge in [0.1, 0.15) is 23.5 Å². The summed E-state index contributed by atoms with van der Waals surface area (Å²) in [5.41, 5.74) is 10.5. The summed E-state index contributed by atoms with van der Waals surface area (Å²) in [6.07, 6.45) is 1.90. The van der Waals surface area contributed by atoms with E-state index >= 15 is 0 Å². The van der Waals surface area contributed by atoms with E-state index in [1.165, 1.54) is 18.2 Å². The first-order chi connectivity index (χ1) is 16.2. The molecule has 172 valence electrons. The quantitative estimate of drug-likeness (QED) is 0.387. The predicted octanol–water partition coefficient (Wildman–Crippen LogP) is 5.95. The number of halogens is 1. The molecule has 3 N–H and O–H groups in total. The van der Waals surface area contributed by atoms with Crippen molar-refractivity contribution in [1.82, 2.24) is 4.98 Å². The highest BCUT2D eigenvalue weighted by Crippen LogP contribution is 2.49. The highest BCUT2D eigenvalue weighted by atomic mass is 19.1. The van der Waals surface area contributed by atoms with Crippen molar-refractivity contribution in [3.63, 3.8) is 0 Å². The monoisotopic (exact) mass is 456 g/mol. The van der Waals surface area contributed by atoms with Crippen molar-refractivity contribution in [2.45, 2.75) is 32.8 Å². The van der Waals surface area contributed by atoms with Gasteiger partial charge >= 0.3 is 5.97 Å². The van der Waals surface area contributed by atoms with Gasteiger partial charge in [0.25, 0.3) is 0 Å². The van der Waals surface area contributed by atoms with Crippen molar-refractivity contribution >= 4 is 22.6 Å². The zero-order chi connectivity index (χ0) is 24.0. The number of benzene rings is 3. The summed E-state index contributed by atoms with van der Waals surface area (Å²) in [5.74, 6) is -0.701. The zero-order valence-corrected chi connectivity index (χ0v) is 19.0. The second-order valence-electron chi connectivity index (χ2n) is 9.50. The van der Waals surface area contributed by atoms with E-state index in [2.05, 4.69) is 43.1 Å². The molecular weight excluding hydrogens is 431 g/mol. The van der Waals surface area contributed by atoms with E-state index in [1.807, 2.05) is 18.2 Å². The molecule has 1 aromatic heterocycles. The number of pyridine rings is 1. The maximum absolute atomic E-state index is 14.1. The van der Waals surface area contributed by atoms with Crippen molar-refractivity contribution < 1.29 is 19.0 Å². The van der Waals surface area contributed by atoms with Crippen molar-refractivity contribution in [2.75, 3.05) is 5.73 Å². The Hall–Kier alpha value is -3.93. The number of ether oxygens (including phenoxy) is 1. The fourth-order valence-electron chi connectivity index (χ4n) is 4.95. The average Bonchev–Trinajstić information content (AvgIpc) is 3.04. The third-order valence-corrected chi connectivity index (χ3v) is 6.55. The molecule has 0 radical (unpaired) electrons. The summed E-state index contributed by atoms with van der Waals surface area (Å²) in [7, 11) is 0. The molecule has 1 heterocycles. The SMILES string of the molecule is CC1(C)Cc2ccc(-c3cccc4c(N)nccc34)cc2C1Oc1cc(F)ccc1CC(=O)O. The van der Waals surface area contributed by atoms with Crippen LogP contribution in [0.5, 0.6) is 5.75 Å². The Labute approximate surface area is 197 Å². The van der Waals surface area contributed by atoms with Crippen LogP contribution in [-0.2, 0) is 17.6 Å². The number of aromatic nitrogens is 1. The second kappa shape index (κ2) is 8.13. The zero-order valence-electron chi connectivity index (χ0n) is 19.0. The highest BCUT2D eigenvalue weighted by Gasteiger charge is 2.41. The van der Waals surface area contributed by atoms with Crippen LogP contribution in [0.2, 0.25) is 0 Å². The number of hydrogen-bond acceptors (Lipinski definition) is 4. The topological polar surface area (TPSA) is 85.4 Å². The number of anilines is 1. The lowest BCUT2D eigenvalue weighted by Gasteiger charge is -2.29. The van der Waals surface area contributed by atoms with E-state index in [1.54, 1.807) is 6.20 Å². The Balaban J connectivity index is 1.59. The van der Waals surface area contributed by atoms with Crippen LogP contribution < -0.4 is 10.5 Å². The highest BCUT2D eigenvalue weighted by molar-refractivity contribution is 6.01. The number of aliphatic carboxylic acids is 1. The number of rotatable bonds is 5. The van der Waals surface area contributed by atoms with Crippen LogP contribution in [-0.4, -0.2) is 16.1 Å². The fourth-order valence-corrected chi connectivity index (χ4v) is 4.95. The molecule has 3 aromatic carbocycles. The summed E-state index contributed by atoms with van der Waals surface area (Å²) >= 11 is 0. The van der Waals surface area contributed by atoms with E-state index in [0.717, 1.165) is 39.4 Å². The van der Waals surface area contributed by atoms with Crippen molar-refractivity contribution in [2.24, 2.45) is 5.41 Å². The Morgan fingerprint density at radius 1 is 1.15 bits per heavy atom. The molecule has 5 nitrogen and oxygen atoms in total. The number of fused-ring (bicyclic) bond motifs is 2. The summed E-state index contributed by atoms with van der Waals surface area (Å²) in [6.45, 7) is 4.22. The normalized spacial score (nSPS) is 16.4. The van der Waals surface area contributed by atoms with Gasteiger partial charge in [-0.1, -0.05) is 50.2 Å². The number of carboxylic acids is 1. The maximum Gasteiger partial charge on any atom is 0.307 e. The third kappa shape index (κ3) is 3.85. The first-order valence-electron chi connectivity index (χ1n) is 11.2. The Morgan fingerprint density at radius 2 is 1.97 bits per heavy atom. The summed E-state index contributed by atoms with van der Waals surface area (Å²) in [6, 6.07) is 18.3. The first kappa shape index (κ1) is 21.9. The first-order valence-corrected chi connectivity index (χ1v) is 11.2. The van der Waals surface area contributed by atoms with Crippen LogP contribution in [0.3, 0.4) is 0 Å². The van der Waals surface area contributed by atoms with Gasteiger partial charge in [0.2, 0.25) is 0 Å². The number of nitrogens with two attached hydrogens (primary N) is 1. The molecule has 1 atom stereocenters. The van der Waals surface area contributed by atoms with Gasteiger partial charge in [-0.05, 0) is 52.3 Å². The van der Waals surface area contributed by atoms with Crippen LogP contribution in [0.4, 0.5) is 10.2 Å². The van der Waals surface area contributed by atoms with Gasteiger partial charge in [-0.2, -0.15) is 0 Å². The van der Waals surface area contributed by atoms with E-state index in [-0.39, 0.29) is 23.7 Å². The number of hydrogen-bond donors (Lipinski definition) is 2. The largest absolute Gasteiger partial charge is 0.485 e. The molecule has 0 spiro atoms. The minimum absolute atomic E-state index is 0.235. The molecular formula is C28H25FN2O3. The smallest absolute Gasteiger partial charge is 0.307 e. The number of nitrogen functional groups attached to an aromatic ring is 1. The lowest BCUT2D eigenvalue weighted by molar-refractivity contribution is -0.136. The van der Waals surface area contributed by atoms with E-state index < -0.39 is 11.8 Å². The minimum atomic E-state index is -0.991. The Bertz CT molecular complexity index is 1430. The van der Waals surface area contributed by atoms with Crippen molar-refractivity contribution in [3.05, 3.63) is 89.4 Å². The van der Waals surface area contributed by atoms with Gasteiger partial charge in [0.15, 0.2) is 0 Å². The van der Waals surface area contributed by atoms with Crippen molar-refractivity contribution in [1.29, 1.82) is 0 Å². The summed E-state index contributed by atoms with van der Waals surface area (Å²) < 4.78 is 20.5. The fraction of sp³-hybridized carbons (Fsp3) is 0.214. The molecule has 1 unspecified atom stereocenters. The average molecular weight is 457 g/mol. The standard InChI is InChI=1S/C28H25FN2O3/c1-28(2)15-18-7-6-16(20-4-3-5-22-21(20)10-11-31-27(22)30)12-23(18)26(28)34-24-14-19(29)9-8-17(24)13-25(32)33/h3-12,14,26H,13,15H2,1-2H3,(H2,30,31)(H,32,33). The lowest BCUT2D eigenvalue weighted by Crippen LogP contribution is -2.23. The molecule has 0 aliphatic heterocycles. The van der Waals surface area contributed by atoms with Gasteiger partial charge in [0.05, 0.1) is 6.42 Å². The minimum Gasteiger partial charge on any atom is -0.485 e. The van der Waals surface area contributed by atoms with Gasteiger partial charge in [-0.3, -0.25) is 4.79 Å². The van der Waals surface area contributed by atoms with Crippen LogP contribution in [0.25, 0.3) is 21.9 Å². The van der Waals surface area contributed by atoms with Gasteiger partial charge in [0, 0.05) is 28.6 Å². The number of carbonyl (C=O) groups is 1. The maximum atomic E-state index is 14.1. The predicted molar refractivity (Wildman–Crippen MR) is 130 cm³/mol. The molecule has 0 saturated heterocycles. The third-order valence-electron chi connectivity index (χ3n) is 6.55. The molecule has 0 bridgehead atoms. The Morgan fingerprint density at radius 3 is 2.76 bits per heavy atom. The molecule has 5 rings (SSSR count). The molecule has 1 aliphatic carbocycles. The van der Waals surface area contributed by atoms with Gasteiger partial charge in [-0.15, -0.1) is 0 Å². The van der Waals surface area contributed by atoms with Crippen LogP contribution in [0.1, 0.15) is 36.6 Å². The molecule has 0 fully saturated rings. The summed E-state index contributed by atoms with van der Waals surface area (Å²) in [4.78, 5) is 15.5. The van der Waals surface area contributed by atoms with Crippen LogP contribution in [0.15, 0.2) is 66.9 Å². The second-order valence-corrected chi connectivity index (χ2v) is 9.50. The van der Waals surface area contributed by atoms with Crippen molar-refractivity contribution in [3.8, 4) is 16.9 Å². The number of nitrogens with zero attached hydrogens (tertiary/aromatic N) is 1. The lowest BCUT2D eigenvalue weighted by atomic mass is 9.87. The molecule has 6 heteroatoms. The number of carboxylic acid groups (broad SMARTS) is 1. The van der Waals surface area contributed by atoms with E-state index in [9.17, 15) is 14.3 Å². The summed E-state index contributed by atoms with van der Waals surface area (Å²) in [5, 5.41) is 11.2. The van der Waals surface area contributed by atoms with Gasteiger partial charge in [-0.25, -0.2) is 9.37 Å². The molecule has 4 aromatic rings. The molecule has 0 amide bonds. The molecule has 1 aliphatic rings. The molecule has 0 saturated carbocycles. The van der Waals surface area contributed by atoms with E-state index in [4.69, 9.17) is 10.5 Å². The Kier molecular flexibility index (Phi) is 5.24. The van der Waals surface area contributed by atoms with Gasteiger partial charge < -0.3 is 15.6 Å². The van der Waals surface area contributed by atoms with Crippen LogP contribution in [0, 0.1) is 11.2 Å². The molecule has 34 heavy (non-hydrogen) atoms.